The van der Waals surface area contributed by atoms with E-state index >= 15 is 0 Å². The minimum Gasteiger partial charge on any atom is -0.454 e. The number of aliphatic hydroxyl groups is 1. The number of amides is 2. The van der Waals surface area contributed by atoms with Gasteiger partial charge in [-0.2, -0.15) is 0 Å². The van der Waals surface area contributed by atoms with Crippen molar-refractivity contribution in [1.82, 2.24) is 10.6 Å². The first-order chi connectivity index (χ1) is 11.4. The van der Waals surface area contributed by atoms with Crippen LogP contribution in [-0.4, -0.2) is 55.6 Å². The lowest BCUT2D eigenvalue weighted by molar-refractivity contribution is -0.121. The topological polar surface area (TPSA) is 106 Å². The van der Waals surface area contributed by atoms with Gasteiger partial charge < -0.3 is 30.0 Å². The highest BCUT2D eigenvalue weighted by molar-refractivity contribution is 5.97. The van der Waals surface area contributed by atoms with Gasteiger partial charge in [-0.1, -0.05) is 0 Å². The number of rotatable bonds is 8. The molecule has 0 unspecified atom stereocenters. The lowest BCUT2D eigenvalue weighted by Gasteiger charge is -2.25. The molecule has 1 aromatic carbocycles. The maximum atomic E-state index is 12.1. The van der Waals surface area contributed by atoms with Crippen LogP contribution in [0.25, 0.3) is 0 Å². The molecule has 8 nitrogen and oxygen atoms in total. The number of aliphatic hydroxyl groups excluding tert-OH is 1. The number of ether oxygens (including phenoxy) is 3. The summed E-state index contributed by atoms with van der Waals surface area (Å²) in [5.41, 5.74) is -0.210. The summed E-state index contributed by atoms with van der Waals surface area (Å²) < 4.78 is 15.8. The van der Waals surface area contributed by atoms with Gasteiger partial charge in [0.15, 0.2) is 11.5 Å². The first-order valence-corrected chi connectivity index (χ1v) is 7.61. The molecular formula is C16H22N2O6. The molecule has 0 atom stereocenters. The average molecular weight is 338 g/mol. The third-order valence-corrected chi connectivity index (χ3v) is 3.34. The Morgan fingerprint density at radius 3 is 2.75 bits per heavy atom. The summed E-state index contributed by atoms with van der Waals surface area (Å²) in [4.78, 5) is 23.9. The highest BCUT2D eigenvalue weighted by atomic mass is 16.7. The fourth-order valence-electron chi connectivity index (χ4n) is 2.05. The highest BCUT2D eigenvalue weighted by Gasteiger charge is 2.20. The van der Waals surface area contributed by atoms with Gasteiger partial charge in [0, 0.05) is 12.1 Å². The molecule has 1 aromatic rings. The second-order valence-corrected chi connectivity index (χ2v) is 5.86. The van der Waals surface area contributed by atoms with Crippen molar-refractivity contribution in [3.63, 3.8) is 0 Å². The summed E-state index contributed by atoms with van der Waals surface area (Å²) in [5, 5.41) is 14.0. The van der Waals surface area contributed by atoms with Crippen molar-refractivity contribution in [3.05, 3.63) is 23.8 Å². The maximum absolute atomic E-state index is 12.1. The van der Waals surface area contributed by atoms with Gasteiger partial charge in [0.25, 0.3) is 5.91 Å². The molecule has 1 aliphatic heterocycles. The summed E-state index contributed by atoms with van der Waals surface area (Å²) >= 11 is 0. The van der Waals surface area contributed by atoms with E-state index in [1.54, 1.807) is 32.0 Å². The Bertz CT molecular complexity index is 602. The van der Waals surface area contributed by atoms with Crippen LogP contribution in [0.4, 0.5) is 0 Å². The van der Waals surface area contributed by atoms with Crippen LogP contribution >= 0.6 is 0 Å². The quantitative estimate of drug-likeness (QED) is 0.618. The van der Waals surface area contributed by atoms with Crippen molar-refractivity contribution >= 4 is 11.8 Å². The van der Waals surface area contributed by atoms with Crippen LogP contribution in [-0.2, 0) is 9.53 Å². The second kappa shape index (κ2) is 7.98. The van der Waals surface area contributed by atoms with Crippen LogP contribution in [0.3, 0.4) is 0 Å². The van der Waals surface area contributed by atoms with E-state index in [4.69, 9.17) is 19.3 Å². The molecule has 0 saturated carbocycles. The van der Waals surface area contributed by atoms with Crippen LogP contribution in [0, 0.1) is 0 Å². The molecule has 0 fully saturated rings. The van der Waals surface area contributed by atoms with Gasteiger partial charge in [-0.3, -0.25) is 9.59 Å². The first-order valence-electron chi connectivity index (χ1n) is 7.61. The number of benzene rings is 1. The standard InChI is InChI=1S/C16H22N2O6/c1-16(2,24-6-5-19)9-18-14(20)8-17-15(21)11-3-4-12-13(7-11)23-10-22-12/h3-4,7,19H,5-6,8-10H2,1-2H3,(H,17,21)(H,18,20). The molecule has 0 aliphatic carbocycles. The third kappa shape index (κ3) is 5.10. The monoisotopic (exact) mass is 338 g/mol. The Labute approximate surface area is 140 Å². The van der Waals surface area contributed by atoms with Crippen molar-refractivity contribution in [2.75, 3.05) is 33.1 Å². The van der Waals surface area contributed by atoms with Crippen molar-refractivity contribution in [3.8, 4) is 11.5 Å². The van der Waals surface area contributed by atoms with Crippen LogP contribution < -0.4 is 20.1 Å². The summed E-state index contributed by atoms with van der Waals surface area (Å²) in [7, 11) is 0. The van der Waals surface area contributed by atoms with E-state index in [2.05, 4.69) is 10.6 Å². The Hall–Kier alpha value is -2.32. The molecule has 2 rings (SSSR count). The van der Waals surface area contributed by atoms with Gasteiger partial charge in [0.1, 0.15) is 0 Å². The van der Waals surface area contributed by atoms with Crippen molar-refractivity contribution in [2.24, 2.45) is 0 Å². The predicted molar refractivity (Wildman–Crippen MR) is 85.0 cm³/mol. The fourth-order valence-corrected chi connectivity index (χ4v) is 2.05. The zero-order chi connectivity index (χ0) is 17.6. The van der Waals surface area contributed by atoms with E-state index in [0.29, 0.717) is 17.1 Å². The molecule has 1 aliphatic rings. The molecule has 3 N–H and O–H groups in total. The Morgan fingerprint density at radius 1 is 1.25 bits per heavy atom. The van der Waals surface area contributed by atoms with E-state index in [9.17, 15) is 9.59 Å². The first kappa shape index (κ1) is 18.0. The molecule has 0 spiro atoms. The Morgan fingerprint density at radius 2 is 2.00 bits per heavy atom. The molecule has 0 aromatic heterocycles. The van der Waals surface area contributed by atoms with Gasteiger partial charge >= 0.3 is 0 Å². The molecule has 132 valence electrons. The van der Waals surface area contributed by atoms with E-state index < -0.39 is 5.60 Å². The normalized spacial score (nSPS) is 12.8. The van der Waals surface area contributed by atoms with E-state index in [-0.39, 0.29) is 44.9 Å². The summed E-state index contributed by atoms with van der Waals surface area (Å²) in [6.45, 7) is 3.97. The summed E-state index contributed by atoms with van der Waals surface area (Å²) in [6, 6.07) is 4.83. The number of hydrogen-bond acceptors (Lipinski definition) is 6. The van der Waals surface area contributed by atoms with E-state index in [1.165, 1.54) is 0 Å². The molecule has 8 heteroatoms. The fraction of sp³-hybridized carbons (Fsp3) is 0.500. The average Bonchev–Trinajstić information content (AvgIpc) is 3.03. The molecule has 0 saturated heterocycles. The molecule has 1 heterocycles. The summed E-state index contributed by atoms with van der Waals surface area (Å²) in [5.74, 6) is 0.397. The maximum Gasteiger partial charge on any atom is 0.251 e. The third-order valence-electron chi connectivity index (χ3n) is 3.34. The van der Waals surface area contributed by atoms with Gasteiger partial charge in [-0.15, -0.1) is 0 Å². The minimum absolute atomic E-state index is 0.0804. The van der Waals surface area contributed by atoms with Crippen LogP contribution in [0.2, 0.25) is 0 Å². The van der Waals surface area contributed by atoms with Gasteiger partial charge in [-0.25, -0.2) is 0 Å². The van der Waals surface area contributed by atoms with Crippen molar-refractivity contribution < 1.29 is 28.9 Å². The minimum atomic E-state index is -0.597. The number of carbonyl (C=O) groups is 2. The van der Waals surface area contributed by atoms with Crippen LogP contribution in [0.1, 0.15) is 24.2 Å². The van der Waals surface area contributed by atoms with Gasteiger partial charge in [0.05, 0.1) is 25.4 Å². The SMILES string of the molecule is CC(C)(CNC(=O)CNC(=O)c1ccc2c(c1)OCO2)OCCO. The largest absolute Gasteiger partial charge is 0.454 e. The smallest absolute Gasteiger partial charge is 0.251 e. The number of hydrogen-bond donors (Lipinski definition) is 3. The Balaban J connectivity index is 1.76. The zero-order valence-corrected chi connectivity index (χ0v) is 13.8. The molecular weight excluding hydrogens is 316 g/mol. The summed E-state index contributed by atoms with van der Waals surface area (Å²) in [6.07, 6.45) is 0. The van der Waals surface area contributed by atoms with Gasteiger partial charge in [-0.05, 0) is 32.0 Å². The van der Waals surface area contributed by atoms with Gasteiger partial charge in [0.2, 0.25) is 12.7 Å². The predicted octanol–water partition coefficient (Wildman–Crippen LogP) is 0.0488. The second-order valence-electron chi connectivity index (χ2n) is 5.86. The van der Waals surface area contributed by atoms with Crippen molar-refractivity contribution in [2.45, 2.75) is 19.4 Å². The van der Waals surface area contributed by atoms with E-state index in [0.717, 1.165) is 0 Å². The van der Waals surface area contributed by atoms with Crippen molar-refractivity contribution in [1.29, 1.82) is 0 Å². The van der Waals surface area contributed by atoms with Crippen LogP contribution in [0.5, 0.6) is 11.5 Å². The zero-order valence-electron chi connectivity index (χ0n) is 13.8. The molecule has 24 heavy (non-hydrogen) atoms. The molecule has 2 amide bonds. The number of nitrogens with one attached hydrogen (secondary N) is 2. The lowest BCUT2D eigenvalue weighted by Crippen LogP contribution is -2.44. The molecule has 0 radical (unpaired) electrons. The molecule has 0 bridgehead atoms. The van der Waals surface area contributed by atoms with Crippen LogP contribution in [0.15, 0.2) is 18.2 Å². The number of fused-ring (bicyclic) bond motifs is 1. The van der Waals surface area contributed by atoms with E-state index in [1.807, 2.05) is 0 Å². The highest BCUT2D eigenvalue weighted by Crippen LogP contribution is 2.32. The lowest BCUT2D eigenvalue weighted by atomic mass is 10.1. The number of carbonyl (C=O) groups excluding carboxylic acids is 2. The Kier molecular flexibility index (Phi) is 5.99.